The molecule has 1 rings (SSSR count). The normalized spacial score (nSPS) is 12.6. The standard InChI is InChI=1S/C14H15F3O6/c1-2-22-10(18)7-6-8-4-3-5-9(11(19)13(20)21)12(8)23-14(15,16)17/h3-5,11,19H,2,6-7H2,1H3,(H,20,21). The second-order valence-electron chi connectivity index (χ2n) is 4.43. The number of carboxylic acids is 1. The van der Waals surface area contributed by atoms with Gasteiger partial charge in [-0.3, -0.25) is 4.79 Å². The molecule has 1 atom stereocenters. The highest BCUT2D eigenvalue weighted by molar-refractivity contribution is 5.75. The van der Waals surface area contributed by atoms with Gasteiger partial charge >= 0.3 is 18.3 Å². The van der Waals surface area contributed by atoms with Gasteiger partial charge in [-0.05, 0) is 18.9 Å². The van der Waals surface area contributed by atoms with Crippen molar-refractivity contribution in [2.24, 2.45) is 0 Å². The van der Waals surface area contributed by atoms with Crippen LogP contribution in [0.4, 0.5) is 13.2 Å². The van der Waals surface area contributed by atoms with E-state index in [4.69, 9.17) is 5.11 Å². The Morgan fingerprint density at radius 1 is 1.30 bits per heavy atom. The molecule has 0 aliphatic heterocycles. The fraction of sp³-hybridized carbons (Fsp3) is 0.429. The second kappa shape index (κ2) is 7.82. The van der Waals surface area contributed by atoms with Gasteiger partial charge in [0.05, 0.1) is 6.61 Å². The summed E-state index contributed by atoms with van der Waals surface area (Å²) in [5, 5.41) is 18.3. The number of aryl methyl sites for hydroxylation is 1. The lowest BCUT2D eigenvalue weighted by atomic mass is 10.0. The summed E-state index contributed by atoms with van der Waals surface area (Å²) in [6.45, 7) is 1.71. The van der Waals surface area contributed by atoms with E-state index in [2.05, 4.69) is 9.47 Å². The van der Waals surface area contributed by atoms with Gasteiger partial charge in [0.2, 0.25) is 0 Å². The number of rotatable bonds is 7. The first-order valence-electron chi connectivity index (χ1n) is 6.59. The lowest BCUT2D eigenvalue weighted by molar-refractivity contribution is -0.275. The number of ether oxygens (including phenoxy) is 2. The van der Waals surface area contributed by atoms with Gasteiger partial charge in [-0.15, -0.1) is 13.2 Å². The van der Waals surface area contributed by atoms with Crippen molar-refractivity contribution in [3.63, 3.8) is 0 Å². The number of halogens is 3. The second-order valence-corrected chi connectivity index (χ2v) is 4.43. The molecule has 0 aromatic heterocycles. The molecule has 9 heteroatoms. The zero-order valence-electron chi connectivity index (χ0n) is 12.1. The lowest BCUT2D eigenvalue weighted by Gasteiger charge is -2.18. The molecule has 0 radical (unpaired) electrons. The smallest absolute Gasteiger partial charge is 0.479 e. The van der Waals surface area contributed by atoms with Crippen molar-refractivity contribution in [2.45, 2.75) is 32.2 Å². The molecular weight excluding hydrogens is 321 g/mol. The van der Waals surface area contributed by atoms with Crippen molar-refractivity contribution in [2.75, 3.05) is 6.61 Å². The molecule has 0 spiro atoms. The highest BCUT2D eigenvalue weighted by atomic mass is 19.4. The highest BCUT2D eigenvalue weighted by Gasteiger charge is 2.35. The number of alkyl halides is 3. The molecule has 128 valence electrons. The molecule has 2 N–H and O–H groups in total. The van der Waals surface area contributed by atoms with Gasteiger partial charge in [0.25, 0.3) is 0 Å². The summed E-state index contributed by atoms with van der Waals surface area (Å²) in [6, 6.07) is 3.53. The first-order valence-corrected chi connectivity index (χ1v) is 6.59. The molecule has 1 aromatic rings. The third-order valence-electron chi connectivity index (χ3n) is 2.78. The Morgan fingerprint density at radius 3 is 2.48 bits per heavy atom. The summed E-state index contributed by atoms with van der Waals surface area (Å²) in [6.07, 6.45) is -7.64. The number of aliphatic hydroxyl groups is 1. The number of benzene rings is 1. The van der Waals surface area contributed by atoms with E-state index in [9.17, 15) is 27.9 Å². The quantitative estimate of drug-likeness (QED) is 0.742. The first kappa shape index (κ1) is 18.8. The van der Waals surface area contributed by atoms with E-state index < -0.39 is 35.7 Å². The molecule has 6 nitrogen and oxygen atoms in total. The van der Waals surface area contributed by atoms with Crippen LogP contribution in [-0.2, 0) is 20.7 Å². The summed E-state index contributed by atoms with van der Waals surface area (Å²) >= 11 is 0. The predicted molar refractivity (Wildman–Crippen MR) is 70.7 cm³/mol. The topological polar surface area (TPSA) is 93.1 Å². The van der Waals surface area contributed by atoms with Crippen molar-refractivity contribution >= 4 is 11.9 Å². The van der Waals surface area contributed by atoms with Crippen LogP contribution in [0, 0.1) is 0 Å². The third-order valence-corrected chi connectivity index (χ3v) is 2.78. The third kappa shape index (κ3) is 5.78. The van der Waals surface area contributed by atoms with Gasteiger partial charge in [0, 0.05) is 12.0 Å². The van der Waals surface area contributed by atoms with Gasteiger partial charge < -0.3 is 19.7 Å². The van der Waals surface area contributed by atoms with Gasteiger partial charge in [-0.1, -0.05) is 18.2 Å². The van der Waals surface area contributed by atoms with Gasteiger partial charge in [0.15, 0.2) is 6.10 Å². The van der Waals surface area contributed by atoms with Gasteiger partial charge in [-0.25, -0.2) is 4.79 Å². The van der Waals surface area contributed by atoms with Crippen molar-refractivity contribution in [3.8, 4) is 5.75 Å². The highest BCUT2D eigenvalue weighted by Crippen LogP contribution is 2.34. The van der Waals surface area contributed by atoms with E-state index in [1.54, 1.807) is 6.92 Å². The minimum Gasteiger partial charge on any atom is -0.479 e. The van der Waals surface area contributed by atoms with Crippen molar-refractivity contribution in [1.29, 1.82) is 0 Å². The Kier molecular flexibility index (Phi) is 6.38. The molecule has 0 saturated carbocycles. The van der Waals surface area contributed by atoms with Gasteiger partial charge in [-0.2, -0.15) is 0 Å². The zero-order valence-corrected chi connectivity index (χ0v) is 12.1. The van der Waals surface area contributed by atoms with Crippen LogP contribution < -0.4 is 4.74 Å². The predicted octanol–water partition coefficient (Wildman–Crippen LogP) is 2.20. The molecular formula is C14H15F3O6. The molecule has 0 aliphatic rings. The number of carbonyl (C=O) groups is 2. The number of para-hydroxylation sites is 1. The Bertz CT molecular complexity index is 570. The van der Waals surface area contributed by atoms with Crippen LogP contribution in [0.3, 0.4) is 0 Å². The average Bonchev–Trinajstić information content (AvgIpc) is 2.44. The van der Waals surface area contributed by atoms with Crippen molar-refractivity contribution < 1.29 is 42.4 Å². The number of aliphatic hydroxyl groups excluding tert-OH is 1. The van der Waals surface area contributed by atoms with Crippen LogP contribution in [0.1, 0.15) is 30.6 Å². The molecule has 1 unspecified atom stereocenters. The molecule has 1 aromatic carbocycles. The number of carboxylic acid groups (broad SMARTS) is 1. The van der Waals surface area contributed by atoms with Crippen LogP contribution in [0.15, 0.2) is 18.2 Å². The number of aliphatic carboxylic acids is 1. The summed E-state index contributed by atoms with van der Waals surface area (Å²) in [5.74, 6) is -3.16. The molecule has 0 bridgehead atoms. The first-order chi connectivity index (χ1) is 10.7. The van der Waals surface area contributed by atoms with Crippen LogP contribution in [0.5, 0.6) is 5.75 Å². The van der Waals surface area contributed by atoms with Crippen LogP contribution in [-0.4, -0.2) is 35.1 Å². The fourth-order valence-electron chi connectivity index (χ4n) is 1.86. The van der Waals surface area contributed by atoms with E-state index >= 15 is 0 Å². The molecule has 0 amide bonds. The Morgan fingerprint density at radius 2 is 1.96 bits per heavy atom. The molecule has 0 aliphatic carbocycles. The minimum absolute atomic E-state index is 0.0619. The molecule has 0 heterocycles. The number of hydrogen-bond acceptors (Lipinski definition) is 5. The Labute approximate surface area is 129 Å². The molecule has 0 fully saturated rings. The van der Waals surface area contributed by atoms with Crippen LogP contribution in [0.25, 0.3) is 0 Å². The van der Waals surface area contributed by atoms with E-state index in [-0.39, 0.29) is 25.0 Å². The molecule has 0 saturated heterocycles. The van der Waals surface area contributed by atoms with Crippen LogP contribution >= 0.6 is 0 Å². The maximum atomic E-state index is 12.5. The number of esters is 1. The summed E-state index contributed by atoms with van der Waals surface area (Å²) < 4.78 is 46.2. The summed E-state index contributed by atoms with van der Waals surface area (Å²) in [7, 11) is 0. The SMILES string of the molecule is CCOC(=O)CCc1cccc(C(O)C(=O)O)c1OC(F)(F)F. The largest absolute Gasteiger partial charge is 0.573 e. The maximum absolute atomic E-state index is 12.5. The zero-order chi connectivity index (χ0) is 17.6. The van der Waals surface area contributed by atoms with Crippen molar-refractivity contribution in [3.05, 3.63) is 29.3 Å². The fourth-order valence-corrected chi connectivity index (χ4v) is 1.86. The lowest BCUT2D eigenvalue weighted by Crippen LogP contribution is -2.21. The summed E-state index contributed by atoms with van der Waals surface area (Å²) in [5.41, 5.74) is -0.607. The van der Waals surface area contributed by atoms with E-state index in [0.717, 1.165) is 6.07 Å². The molecule has 23 heavy (non-hydrogen) atoms. The monoisotopic (exact) mass is 336 g/mol. The van der Waals surface area contributed by atoms with Gasteiger partial charge in [0.1, 0.15) is 5.75 Å². The average molecular weight is 336 g/mol. The Hall–Kier alpha value is -2.29. The van der Waals surface area contributed by atoms with Crippen molar-refractivity contribution in [1.82, 2.24) is 0 Å². The number of carbonyl (C=O) groups excluding carboxylic acids is 1. The van der Waals surface area contributed by atoms with E-state index in [0.29, 0.717) is 0 Å². The van der Waals surface area contributed by atoms with E-state index in [1.807, 2.05) is 0 Å². The maximum Gasteiger partial charge on any atom is 0.573 e. The van der Waals surface area contributed by atoms with E-state index in [1.165, 1.54) is 12.1 Å². The summed E-state index contributed by atoms with van der Waals surface area (Å²) in [4.78, 5) is 22.1. The number of hydrogen-bond donors (Lipinski definition) is 2. The van der Waals surface area contributed by atoms with Crippen LogP contribution in [0.2, 0.25) is 0 Å². The Balaban J connectivity index is 3.15. The minimum atomic E-state index is -5.08.